The van der Waals surface area contributed by atoms with Gasteiger partial charge in [-0.2, -0.15) is 0 Å². The molecule has 1 saturated heterocycles. The zero-order valence-electron chi connectivity index (χ0n) is 11.5. The van der Waals surface area contributed by atoms with E-state index in [4.69, 9.17) is 4.74 Å². The predicted molar refractivity (Wildman–Crippen MR) is 71.3 cm³/mol. The van der Waals surface area contributed by atoms with Crippen molar-refractivity contribution < 1.29 is 4.74 Å². The molecule has 3 nitrogen and oxygen atoms in total. The van der Waals surface area contributed by atoms with Gasteiger partial charge in [0.15, 0.2) is 0 Å². The zero-order valence-corrected chi connectivity index (χ0v) is 11.5. The van der Waals surface area contributed by atoms with E-state index in [1.54, 1.807) is 0 Å². The molecule has 2 aliphatic rings. The van der Waals surface area contributed by atoms with Gasteiger partial charge in [0, 0.05) is 26.2 Å². The highest BCUT2D eigenvalue weighted by Gasteiger charge is 2.26. The minimum absolute atomic E-state index is 0.390. The maximum atomic E-state index is 5.77. The quantitative estimate of drug-likeness (QED) is 0.812. The summed E-state index contributed by atoms with van der Waals surface area (Å²) in [4.78, 5) is 2.36. The molecule has 0 aromatic heterocycles. The number of morpholine rings is 1. The number of hydrogen-bond donors (Lipinski definition) is 1. The monoisotopic (exact) mass is 240 g/mol. The molecule has 1 aliphatic heterocycles. The van der Waals surface area contributed by atoms with E-state index in [1.165, 1.54) is 32.1 Å². The lowest BCUT2D eigenvalue weighted by Crippen LogP contribution is -2.46. The topological polar surface area (TPSA) is 24.5 Å². The van der Waals surface area contributed by atoms with Crippen molar-refractivity contribution in [1.82, 2.24) is 10.2 Å². The largest absolute Gasteiger partial charge is 0.374 e. The third kappa shape index (κ3) is 4.23. The van der Waals surface area contributed by atoms with Crippen LogP contribution in [0.3, 0.4) is 0 Å². The van der Waals surface area contributed by atoms with Crippen molar-refractivity contribution in [2.45, 2.75) is 45.1 Å². The average molecular weight is 240 g/mol. The lowest BCUT2D eigenvalue weighted by Gasteiger charge is -2.35. The Morgan fingerprint density at radius 3 is 2.76 bits per heavy atom. The maximum Gasteiger partial charge on any atom is 0.0826 e. The van der Waals surface area contributed by atoms with E-state index in [1.807, 2.05) is 0 Å². The maximum absolute atomic E-state index is 5.77. The number of ether oxygens (including phenoxy) is 1. The number of likely N-dealkylation sites (N-methyl/N-ethyl adjacent to an activating group) is 1. The summed E-state index contributed by atoms with van der Waals surface area (Å²) in [5, 5.41) is 3.63. The highest BCUT2D eigenvalue weighted by Crippen LogP contribution is 2.34. The van der Waals surface area contributed by atoms with Crippen LogP contribution in [-0.2, 0) is 4.74 Å². The summed E-state index contributed by atoms with van der Waals surface area (Å²) < 4.78 is 5.77. The van der Waals surface area contributed by atoms with E-state index in [-0.39, 0.29) is 0 Å². The molecule has 0 bridgehead atoms. The van der Waals surface area contributed by atoms with E-state index in [0.717, 1.165) is 32.8 Å². The highest BCUT2D eigenvalue weighted by atomic mass is 16.5. The van der Waals surface area contributed by atoms with Gasteiger partial charge in [-0.3, -0.25) is 0 Å². The van der Waals surface area contributed by atoms with E-state index in [0.29, 0.717) is 11.5 Å². The first-order valence-electron chi connectivity index (χ1n) is 7.19. The molecule has 0 spiro atoms. The Hall–Kier alpha value is -0.120. The summed E-state index contributed by atoms with van der Waals surface area (Å²) in [7, 11) is 2.18. The molecule has 1 unspecified atom stereocenters. The second kappa shape index (κ2) is 6.17. The Labute approximate surface area is 106 Å². The van der Waals surface area contributed by atoms with Crippen LogP contribution in [-0.4, -0.2) is 50.8 Å². The van der Waals surface area contributed by atoms with Crippen LogP contribution < -0.4 is 5.32 Å². The summed E-state index contributed by atoms with van der Waals surface area (Å²) in [6, 6.07) is 0. The van der Waals surface area contributed by atoms with Crippen molar-refractivity contribution in [3.05, 3.63) is 0 Å². The zero-order chi connectivity index (χ0) is 12.1. The van der Waals surface area contributed by atoms with Crippen LogP contribution in [0, 0.1) is 5.41 Å². The fraction of sp³-hybridized carbons (Fsp3) is 1.00. The van der Waals surface area contributed by atoms with Crippen molar-refractivity contribution in [2.75, 3.05) is 39.8 Å². The van der Waals surface area contributed by atoms with Crippen molar-refractivity contribution in [3.8, 4) is 0 Å². The predicted octanol–water partition coefficient (Wildman–Crippen LogP) is 1.88. The minimum Gasteiger partial charge on any atom is -0.374 e. The van der Waals surface area contributed by atoms with Gasteiger partial charge < -0.3 is 15.0 Å². The second-order valence-electron chi connectivity index (χ2n) is 6.26. The molecule has 3 heteroatoms. The molecule has 0 amide bonds. The Kier molecular flexibility index (Phi) is 4.83. The Morgan fingerprint density at radius 2 is 2.06 bits per heavy atom. The molecule has 1 N–H and O–H groups in total. The molecule has 2 rings (SSSR count). The lowest BCUT2D eigenvalue weighted by atomic mass is 9.76. The molecular formula is C14H28N2O. The number of hydrogen-bond acceptors (Lipinski definition) is 3. The number of nitrogens with one attached hydrogen (secondary N) is 1. The summed E-state index contributed by atoms with van der Waals surface area (Å²) in [5.41, 5.74) is 0.540. The van der Waals surface area contributed by atoms with Crippen LogP contribution in [0.2, 0.25) is 0 Å². The van der Waals surface area contributed by atoms with Gasteiger partial charge in [0.05, 0.1) is 12.7 Å². The molecule has 1 aliphatic carbocycles. The van der Waals surface area contributed by atoms with Crippen LogP contribution in [0.25, 0.3) is 0 Å². The van der Waals surface area contributed by atoms with Gasteiger partial charge in [-0.25, -0.2) is 0 Å². The first kappa shape index (κ1) is 13.3. The third-order valence-electron chi connectivity index (χ3n) is 4.33. The smallest absolute Gasteiger partial charge is 0.0826 e. The van der Waals surface area contributed by atoms with E-state index < -0.39 is 0 Å². The van der Waals surface area contributed by atoms with E-state index >= 15 is 0 Å². The van der Waals surface area contributed by atoms with Crippen molar-refractivity contribution in [2.24, 2.45) is 5.41 Å². The normalized spacial score (nSPS) is 30.4. The van der Waals surface area contributed by atoms with Gasteiger partial charge in [0.25, 0.3) is 0 Å². The van der Waals surface area contributed by atoms with Crippen molar-refractivity contribution >= 4 is 0 Å². The van der Waals surface area contributed by atoms with Crippen LogP contribution in [0.4, 0.5) is 0 Å². The third-order valence-corrected chi connectivity index (χ3v) is 4.33. The molecule has 1 atom stereocenters. The molecule has 17 heavy (non-hydrogen) atoms. The molecule has 0 aromatic rings. The van der Waals surface area contributed by atoms with Gasteiger partial charge in [-0.1, -0.05) is 26.2 Å². The molecule has 0 radical (unpaired) electrons. The van der Waals surface area contributed by atoms with Gasteiger partial charge >= 0.3 is 0 Å². The molecule has 0 aromatic carbocycles. The van der Waals surface area contributed by atoms with Crippen molar-refractivity contribution in [1.29, 1.82) is 0 Å². The Balaban J connectivity index is 1.64. The van der Waals surface area contributed by atoms with Gasteiger partial charge in [-0.15, -0.1) is 0 Å². The van der Waals surface area contributed by atoms with Crippen LogP contribution in [0.1, 0.15) is 39.0 Å². The van der Waals surface area contributed by atoms with Crippen LogP contribution in [0.5, 0.6) is 0 Å². The van der Waals surface area contributed by atoms with Crippen LogP contribution in [0.15, 0.2) is 0 Å². The lowest BCUT2D eigenvalue weighted by molar-refractivity contribution is -0.0193. The SMILES string of the molecule is CN1CCOC(CNCC2(C)CCCCC2)C1. The summed E-state index contributed by atoms with van der Waals surface area (Å²) in [5.74, 6) is 0. The number of rotatable bonds is 4. The fourth-order valence-corrected chi connectivity index (χ4v) is 3.11. The van der Waals surface area contributed by atoms with E-state index in [2.05, 4.69) is 24.2 Å². The van der Waals surface area contributed by atoms with Gasteiger partial charge in [0.2, 0.25) is 0 Å². The van der Waals surface area contributed by atoms with E-state index in [9.17, 15) is 0 Å². The summed E-state index contributed by atoms with van der Waals surface area (Å²) in [6.07, 6.45) is 7.45. The standard InChI is InChI=1S/C14H28N2O/c1-14(6-4-3-5-7-14)12-15-10-13-11-16(2)8-9-17-13/h13,15H,3-12H2,1-2H3. The number of nitrogens with zero attached hydrogens (tertiary/aromatic N) is 1. The Morgan fingerprint density at radius 1 is 1.29 bits per heavy atom. The summed E-state index contributed by atoms with van der Waals surface area (Å²) >= 11 is 0. The van der Waals surface area contributed by atoms with Gasteiger partial charge in [0.1, 0.15) is 0 Å². The minimum atomic E-state index is 0.390. The first-order valence-corrected chi connectivity index (χ1v) is 7.19. The second-order valence-corrected chi connectivity index (χ2v) is 6.26. The van der Waals surface area contributed by atoms with Gasteiger partial charge in [-0.05, 0) is 25.3 Å². The van der Waals surface area contributed by atoms with Crippen LogP contribution >= 0.6 is 0 Å². The highest BCUT2D eigenvalue weighted by molar-refractivity contribution is 4.81. The molecular weight excluding hydrogens is 212 g/mol. The molecule has 2 fully saturated rings. The average Bonchev–Trinajstić information content (AvgIpc) is 2.30. The molecule has 100 valence electrons. The Bertz CT molecular complexity index is 226. The first-order chi connectivity index (χ1) is 8.18. The van der Waals surface area contributed by atoms with Crippen molar-refractivity contribution in [3.63, 3.8) is 0 Å². The molecule has 1 saturated carbocycles. The molecule has 1 heterocycles. The fourth-order valence-electron chi connectivity index (χ4n) is 3.11. The summed E-state index contributed by atoms with van der Waals surface area (Å²) in [6.45, 7) is 7.65.